The molecule has 2 aromatic heterocycles. The van der Waals surface area contributed by atoms with Crippen molar-refractivity contribution in [3.63, 3.8) is 0 Å². The Hall–Kier alpha value is -1.99. The number of rotatable bonds is 4. The first-order valence-electron chi connectivity index (χ1n) is 7.92. The molecule has 0 aliphatic carbocycles. The minimum absolute atomic E-state index is 0.0909. The number of carbonyl (C=O) groups excluding carboxylic acids is 1. The van der Waals surface area contributed by atoms with Crippen molar-refractivity contribution in [3.8, 4) is 0 Å². The second-order valence-electron chi connectivity index (χ2n) is 5.82. The zero-order valence-corrected chi connectivity index (χ0v) is 14.5. The van der Waals surface area contributed by atoms with E-state index in [1.165, 1.54) is 4.70 Å². The maximum Gasteiger partial charge on any atom is 0.242 e. The van der Waals surface area contributed by atoms with Gasteiger partial charge in [-0.2, -0.15) is 0 Å². The second kappa shape index (κ2) is 6.49. The molecule has 3 heterocycles. The van der Waals surface area contributed by atoms with Crippen LogP contribution in [-0.2, 0) is 11.2 Å². The van der Waals surface area contributed by atoms with Crippen LogP contribution in [0, 0.1) is 0 Å². The van der Waals surface area contributed by atoms with Crippen molar-refractivity contribution in [2.75, 3.05) is 6.54 Å². The number of fused-ring (bicyclic) bond motifs is 1. The Labute approximate surface area is 147 Å². The molecule has 8 heteroatoms. The molecular formula is C16H16ClN5OS. The minimum Gasteiger partial charge on any atom is -0.333 e. The third kappa shape index (κ3) is 3.01. The van der Waals surface area contributed by atoms with Crippen LogP contribution in [0.2, 0.25) is 5.28 Å². The lowest BCUT2D eigenvalue weighted by Crippen LogP contribution is -2.30. The van der Waals surface area contributed by atoms with Crippen molar-refractivity contribution < 1.29 is 4.79 Å². The lowest BCUT2D eigenvalue weighted by atomic mass is 10.2. The Morgan fingerprint density at radius 3 is 3.04 bits per heavy atom. The molecule has 1 atom stereocenters. The normalized spacial score (nSPS) is 17.7. The van der Waals surface area contributed by atoms with Gasteiger partial charge in [-0.3, -0.25) is 9.89 Å². The van der Waals surface area contributed by atoms with Gasteiger partial charge in [-0.25, -0.2) is 9.97 Å². The van der Waals surface area contributed by atoms with Gasteiger partial charge >= 0.3 is 0 Å². The highest BCUT2D eigenvalue weighted by atomic mass is 35.5. The fraction of sp³-hybridized carbons (Fsp3) is 0.375. The maximum absolute atomic E-state index is 12.6. The Balaban J connectivity index is 1.48. The van der Waals surface area contributed by atoms with Crippen LogP contribution in [-0.4, -0.2) is 37.5 Å². The van der Waals surface area contributed by atoms with Gasteiger partial charge in [0, 0.05) is 19.4 Å². The first kappa shape index (κ1) is 15.5. The number of amides is 1. The van der Waals surface area contributed by atoms with Gasteiger partial charge in [-0.15, -0.1) is 16.4 Å². The number of aryl methyl sites for hydroxylation is 1. The van der Waals surface area contributed by atoms with E-state index in [1.54, 1.807) is 11.3 Å². The standard InChI is InChI=1S/C16H16ClN5OS/c17-16-19-13(20-21-16)7-8-14(23)22-9-3-5-11(22)15-18-10-4-1-2-6-12(10)24-15/h1-2,4,6,11H,3,5,7-9H2,(H,19,20,21)/t11-/m1/s1. The van der Waals surface area contributed by atoms with E-state index >= 15 is 0 Å². The van der Waals surface area contributed by atoms with Crippen molar-refractivity contribution in [2.24, 2.45) is 0 Å². The maximum atomic E-state index is 12.6. The molecule has 0 saturated carbocycles. The molecule has 6 nitrogen and oxygen atoms in total. The van der Waals surface area contributed by atoms with Crippen LogP contribution in [0.5, 0.6) is 0 Å². The predicted molar refractivity (Wildman–Crippen MR) is 93.0 cm³/mol. The number of likely N-dealkylation sites (tertiary alicyclic amines) is 1. The molecule has 0 bridgehead atoms. The topological polar surface area (TPSA) is 74.8 Å². The summed E-state index contributed by atoms with van der Waals surface area (Å²) in [7, 11) is 0. The summed E-state index contributed by atoms with van der Waals surface area (Å²) in [5.41, 5.74) is 1.01. The van der Waals surface area contributed by atoms with Crippen LogP contribution >= 0.6 is 22.9 Å². The molecule has 1 fully saturated rings. The Bertz CT molecular complexity index is 843. The number of aromatic amines is 1. The number of thiazole rings is 1. The molecule has 1 aliphatic rings. The molecule has 1 aliphatic heterocycles. The molecule has 1 saturated heterocycles. The van der Waals surface area contributed by atoms with Gasteiger partial charge < -0.3 is 4.90 Å². The van der Waals surface area contributed by atoms with Crippen LogP contribution in [0.4, 0.5) is 0 Å². The predicted octanol–water partition coefficient (Wildman–Crippen LogP) is 3.36. The Morgan fingerprint density at radius 2 is 2.25 bits per heavy atom. The van der Waals surface area contributed by atoms with Crippen LogP contribution in [0.25, 0.3) is 10.2 Å². The number of aromatic nitrogens is 4. The third-order valence-electron chi connectivity index (χ3n) is 4.25. The van der Waals surface area contributed by atoms with E-state index in [0.29, 0.717) is 18.7 Å². The molecular weight excluding hydrogens is 346 g/mol. The number of H-pyrrole nitrogens is 1. The van der Waals surface area contributed by atoms with Gasteiger partial charge in [0.1, 0.15) is 10.8 Å². The summed E-state index contributed by atoms with van der Waals surface area (Å²) in [5, 5.41) is 7.73. The third-order valence-corrected chi connectivity index (χ3v) is 5.56. The fourth-order valence-corrected chi connectivity index (χ4v) is 4.37. The van der Waals surface area contributed by atoms with E-state index < -0.39 is 0 Å². The zero-order chi connectivity index (χ0) is 16.5. The smallest absolute Gasteiger partial charge is 0.242 e. The molecule has 0 radical (unpaired) electrons. The molecule has 1 amide bonds. The first-order chi connectivity index (χ1) is 11.7. The van der Waals surface area contributed by atoms with Gasteiger partial charge in [0.25, 0.3) is 0 Å². The van der Waals surface area contributed by atoms with Crippen molar-refractivity contribution in [2.45, 2.75) is 31.7 Å². The van der Waals surface area contributed by atoms with Crippen LogP contribution < -0.4 is 0 Å². The van der Waals surface area contributed by atoms with Crippen LogP contribution in [0.1, 0.15) is 36.1 Å². The minimum atomic E-state index is 0.0909. The molecule has 1 N–H and O–H groups in total. The van der Waals surface area contributed by atoms with E-state index in [2.05, 4.69) is 21.2 Å². The van der Waals surface area contributed by atoms with E-state index in [0.717, 1.165) is 29.9 Å². The summed E-state index contributed by atoms with van der Waals surface area (Å²) in [6.45, 7) is 0.788. The van der Waals surface area contributed by atoms with Crippen LogP contribution in [0.15, 0.2) is 24.3 Å². The molecule has 1 aromatic carbocycles. The van der Waals surface area contributed by atoms with Gasteiger partial charge in [-0.1, -0.05) is 12.1 Å². The summed E-state index contributed by atoms with van der Waals surface area (Å²) in [4.78, 5) is 23.3. The number of nitrogens with zero attached hydrogens (tertiary/aromatic N) is 4. The highest BCUT2D eigenvalue weighted by molar-refractivity contribution is 7.18. The van der Waals surface area contributed by atoms with Gasteiger partial charge in [-0.05, 0) is 36.6 Å². The summed E-state index contributed by atoms with van der Waals surface area (Å²) in [6, 6.07) is 8.19. The average molecular weight is 362 g/mol. The molecule has 3 aromatic rings. The fourth-order valence-electron chi connectivity index (χ4n) is 3.11. The largest absolute Gasteiger partial charge is 0.333 e. The number of halogens is 1. The monoisotopic (exact) mass is 361 g/mol. The Morgan fingerprint density at radius 1 is 1.38 bits per heavy atom. The highest BCUT2D eigenvalue weighted by Crippen LogP contribution is 2.36. The molecule has 124 valence electrons. The van der Waals surface area contributed by atoms with E-state index in [9.17, 15) is 4.79 Å². The van der Waals surface area contributed by atoms with Gasteiger partial charge in [0.15, 0.2) is 0 Å². The number of hydrogen-bond acceptors (Lipinski definition) is 5. The molecule has 24 heavy (non-hydrogen) atoms. The van der Waals surface area contributed by atoms with Crippen molar-refractivity contribution >= 4 is 39.1 Å². The summed E-state index contributed by atoms with van der Waals surface area (Å²) >= 11 is 7.37. The van der Waals surface area contributed by atoms with E-state index in [4.69, 9.17) is 16.6 Å². The lowest BCUT2D eigenvalue weighted by molar-refractivity contribution is -0.132. The summed E-state index contributed by atoms with van der Waals surface area (Å²) in [6.07, 6.45) is 2.90. The summed E-state index contributed by atoms with van der Waals surface area (Å²) in [5.74, 6) is 0.772. The summed E-state index contributed by atoms with van der Waals surface area (Å²) < 4.78 is 1.17. The second-order valence-corrected chi connectivity index (χ2v) is 7.22. The van der Waals surface area contributed by atoms with Gasteiger partial charge in [0.2, 0.25) is 11.2 Å². The SMILES string of the molecule is O=C(CCc1nc(Cl)n[nH]1)N1CCC[C@@H]1c1nc2ccccc2s1. The zero-order valence-electron chi connectivity index (χ0n) is 12.9. The van der Waals surface area contributed by atoms with Crippen LogP contribution in [0.3, 0.4) is 0 Å². The quantitative estimate of drug-likeness (QED) is 0.773. The molecule has 4 rings (SSSR count). The lowest BCUT2D eigenvalue weighted by Gasteiger charge is -2.22. The highest BCUT2D eigenvalue weighted by Gasteiger charge is 2.31. The van der Waals surface area contributed by atoms with E-state index in [1.807, 2.05) is 23.1 Å². The number of carbonyl (C=O) groups is 1. The molecule has 0 unspecified atom stereocenters. The first-order valence-corrected chi connectivity index (χ1v) is 9.12. The van der Waals surface area contributed by atoms with Gasteiger partial charge in [0.05, 0.1) is 16.3 Å². The van der Waals surface area contributed by atoms with E-state index in [-0.39, 0.29) is 17.2 Å². The number of hydrogen-bond donors (Lipinski definition) is 1. The van der Waals surface area contributed by atoms with Crippen molar-refractivity contribution in [1.82, 2.24) is 25.1 Å². The van der Waals surface area contributed by atoms with Crippen molar-refractivity contribution in [3.05, 3.63) is 40.4 Å². The molecule has 0 spiro atoms. The average Bonchev–Trinajstić information content (AvgIpc) is 3.30. The van der Waals surface area contributed by atoms with Crippen molar-refractivity contribution in [1.29, 1.82) is 0 Å². The number of benzene rings is 1. The Kier molecular flexibility index (Phi) is 4.20. The number of para-hydroxylation sites is 1. The number of nitrogens with one attached hydrogen (secondary N) is 1.